The number of thiocarbonyl (C=S) groups is 1. The maximum atomic E-state index is 12.0. The van der Waals surface area contributed by atoms with E-state index in [-0.39, 0.29) is 12.0 Å². The second-order valence-electron chi connectivity index (χ2n) is 4.52. The molecule has 1 aromatic carbocycles. The fourth-order valence-electron chi connectivity index (χ4n) is 1.45. The van der Waals surface area contributed by atoms with E-state index in [2.05, 4.69) is 26.6 Å². The predicted octanol–water partition coefficient (Wildman–Crippen LogP) is 3.25. The van der Waals surface area contributed by atoms with Gasteiger partial charge in [-0.2, -0.15) is 0 Å². The highest BCUT2D eigenvalue weighted by Gasteiger charge is 2.11. The summed E-state index contributed by atoms with van der Waals surface area (Å²) in [5.41, 5.74) is 0.522. The zero-order valence-electron chi connectivity index (χ0n) is 11.8. The van der Waals surface area contributed by atoms with E-state index in [1.165, 1.54) is 0 Å². The van der Waals surface area contributed by atoms with Crippen molar-refractivity contribution in [3.8, 4) is 5.75 Å². The van der Waals surface area contributed by atoms with E-state index >= 15 is 0 Å². The van der Waals surface area contributed by atoms with Crippen LogP contribution in [0.4, 0.5) is 0 Å². The molecule has 0 atom stereocenters. The van der Waals surface area contributed by atoms with Gasteiger partial charge in [0.25, 0.3) is 5.91 Å². The van der Waals surface area contributed by atoms with Gasteiger partial charge in [0, 0.05) is 12.1 Å². The Morgan fingerprint density at radius 1 is 1.45 bits per heavy atom. The molecule has 0 spiro atoms. The Kier molecular flexibility index (Phi) is 6.95. The Hall–Kier alpha value is -1.14. The SMILES string of the molecule is CCCNC(=S)NC(=O)c1ccc(OC(C)C)c(Br)c1. The van der Waals surface area contributed by atoms with E-state index in [0.29, 0.717) is 16.4 Å². The third-order valence-electron chi connectivity index (χ3n) is 2.32. The lowest BCUT2D eigenvalue weighted by atomic mass is 10.2. The molecule has 0 radical (unpaired) electrons. The quantitative estimate of drug-likeness (QED) is 0.793. The van der Waals surface area contributed by atoms with Crippen molar-refractivity contribution in [3.63, 3.8) is 0 Å². The van der Waals surface area contributed by atoms with Gasteiger partial charge in [-0.3, -0.25) is 10.1 Å². The maximum absolute atomic E-state index is 12.0. The second kappa shape index (κ2) is 8.21. The van der Waals surface area contributed by atoms with Gasteiger partial charge in [0.15, 0.2) is 5.11 Å². The van der Waals surface area contributed by atoms with Crippen molar-refractivity contribution in [2.24, 2.45) is 0 Å². The van der Waals surface area contributed by atoms with Crippen LogP contribution in [0.3, 0.4) is 0 Å². The van der Waals surface area contributed by atoms with Gasteiger partial charge in [0.1, 0.15) is 5.75 Å². The van der Waals surface area contributed by atoms with Crippen LogP contribution in [0.1, 0.15) is 37.6 Å². The van der Waals surface area contributed by atoms with Crippen molar-refractivity contribution in [1.29, 1.82) is 0 Å². The Morgan fingerprint density at radius 2 is 2.15 bits per heavy atom. The van der Waals surface area contributed by atoms with Crippen molar-refractivity contribution >= 4 is 39.2 Å². The summed E-state index contributed by atoms with van der Waals surface area (Å²) in [5, 5.41) is 5.93. The molecule has 1 rings (SSSR count). The molecule has 110 valence electrons. The Balaban J connectivity index is 2.70. The average molecular weight is 359 g/mol. The van der Waals surface area contributed by atoms with Gasteiger partial charge < -0.3 is 10.1 Å². The third-order valence-corrected chi connectivity index (χ3v) is 3.19. The van der Waals surface area contributed by atoms with Gasteiger partial charge in [0.2, 0.25) is 0 Å². The number of benzene rings is 1. The van der Waals surface area contributed by atoms with E-state index in [9.17, 15) is 4.79 Å². The zero-order chi connectivity index (χ0) is 15.1. The molecule has 0 unspecified atom stereocenters. The number of nitrogens with one attached hydrogen (secondary N) is 2. The summed E-state index contributed by atoms with van der Waals surface area (Å²) in [6.07, 6.45) is 1.03. The van der Waals surface area contributed by atoms with Gasteiger partial charge in [-0.25, -0.2) is 0 Å². The van der Waals surface area contributed by atoms with E-state index in [4.69, 9.17) is 17.0 Å². The molecule has 0 aromatic heterocycles. The van der Waals surface area contributed by atoms with Crippen LogP contribution in [-0.2, 0) is 0 Å². The fourth-order valence-corrected chi connectivity index (χ4v) is 2.12. The smallest absolute Gasteiger partial charge is 0.257 e. The number of hydrogen-bond donors (Lipinski definition) is 2. The predicted molar refractivity (Wildman–Crippen MR) is 88.3 cm³/mol. The summed E-state index contributed by atoms with van der Waals surface area (Å²) < 4.78 is 6.34. The molecule has 0 aliphatic carbocycles. The molecule has 0 saturated carbocycles. The molecule has 1 aromatic rings. The number of rotatable bonds is 5. The second-order valence-corrected chi connectivity index (χ2v) is 5.78. The highest BCUT2D eigenvalue weighted by atomic mass is 79.9. The molecule has 2 N–H and O–H groups in total. The molecule has 4 nitrogen and oxygen atoms in total. The van der Waals surface area contributed by atoms with Crippen LogP contribution in [0.2, 0.25) is 0 Å². The summed E-state index contributed by atoms with van der Waals surface area (Å²) in [6.45, 7) is 6.67. The van der Waals surface area contributed by atoms with Crippen LogP contribution in [-0.4, -0.2) is 23.7 Å². The number of ether oxygens (including phenoxy) is 1. The van der Waals surface area contributed by atoms with Gasteiger partial charge in [-0.15, -0.1) is 0 Å². The Bertz CT molecular complexity index is 492. The van der Waals surface area contributed by atoms with Crippen molar-refractivity contribution in [3.05, 3.63) is 28.2 Å². The van der Waals surface area contributed by atoms with Gasteiger partial charge in [-0.1, -0.05) is 6.92 Å². The summed E-state index contributed by atoms with van der Waals surface area (Å²) in [5.74, 6) is 0.471. The first kappa shape index (κ1) is 16.9. The minimum atomic E-state index is -0.240. The summed E-state index contributed by atoms with van der Waals surface area (Å²) in [6, 6.07) is 5.19. The number of carbonyl (C=O) groups excluding carboxylic acids is 1. The number of hydrogen-bond acceptors (Lipinski definition) is 3. The first-order valence-electron chi connectivity index (χ1n) is 6.49. The number of halogens is 1. The van der Waals surface area contributed by atoms with E-state index < -0.39 is 0 Å². The van der Waals surface area contributed by atoms with Gasteiger partial charge in [0.05, 0.1) is 10.6 Å². The van der Waals surface area contributed by atoms with Crippen molar-refractivity contribution in [2.75, 3.05) is 6.54 Å². The highest BCUT2D eigenvalue weighted by molar-refractivity contribution is 9.10. The van der Waals surface area contributed by atoms with E-state index in [1.807, 2.05) is 20.8 Å². The van der Waals surface area contributed by atoms with Crippen molar-refractivity contribution in [1.82, 2.24) is 10.6 Å². The van der Waals surface area contributed by atoms with Crippen molar-refractivity contribution < 1.29 is 9.53 Å². The molecule has 0 aliphatic rings. The van der Waals surface area contributed by atoms with E-state index in [0.717, 1.165) is 17.4 Å². The summed E-state index contributed by atoms with van der Waals surface area (Å²) in [4.78, 5) is 12.0. The van der Waals surface area contributed by atoms with E-state index in [1.54, 1.807) is 18.2 Å². The Labute approximate surface area is 133 Å². The van der Waals surface area contributed by atoms with Crippen LogP contribution < -0.4 is 15.4 Å². The lowest BCUT2D eigenvalue weighted by molar-refractivity contribution is 0.0976. The minimum absolute atomic E-state index is 0.0804. The summed E-state index contributed by atoms with van der Waals surface area (Å²) in [7, 11) is 0. The van der Waals surface area contributed by atoms with Gasteiger partial charge >= 0.3 is 0 Å². The molecule has 0 saturated heterocycles. The van der Waals surface area contributed by atoms with Crippen LogP contribution in [0.25, 0.3) is 0 Å². The molecule has 0 heterocycles. The van der Waals surface area contributed by atoms with Crippen LogP contribution in [0, 0.1) is 0 Å². The maximum Gasteiger partial charge on any atom is 0.257 e. The molecule has 20 heavy (non-hydrogen) atoms. The lowest BCUT2D eigenvalue weighted by Crippen LogP contribution is -2.39. The average Bonchev–Trinajstić information content (AvgIpc) is 2.38. The van der Waals surface area contributed by atoms with Crippen LogP contribution in [0.15, 0.2) is 22.7 Å². The largest absolute Gasteiger partial charge is 0.490 e. The van der Waals surface area contributed by atoms with Crippen LogP contribution in [0.5, 0.6) is 5.75 Å². The monoisotopic (exact) mass is 358 g/mol. The molecule has 0 bridgehead atoms. The molecule has 0 fully saturated rings. The van der Waals surface area contributed by atoms with Gasteiger partial charge in [-0.05, 0) is 66.6 Å². The van der Waals surface area contributed by atoms with Crippen molar-refractivity contribution in [2.45, 2.75) is 33.3 Å². The molecule has 6 heteroatoms. The fraction of sp³-hybridized carbons (Fsp3) is 0.429. The standard InChI is InChI=1S/C14H19BrN2O2S/c1-4-7-16-14(20)17-13(18)10-5-6-12(11(15)8-10)19-9(2)3/h5-6,8-9H,4,7H2,1-3H3,(H2,16,17,18,20). The molecular weight excluding hydrogens is 340 g/mol. The highest BCUT2D eigenvalue weighted by Crippen LogP contribution is 2.26. The molecule has 1 amide bonds. The number of carbonyl (C=O) groups is 1. The van der Waals surface area contributed by atoms with Crippen LogP contribution >= 0.6 is 28.1 Å². The zero-order valence-corrected chi connectivity index (χ0v) is 14.2. The number of amides is 1. The summed E-state index contributed by atoms with van der Waals surface area (Å²) >= 11 is 8.43. The molecular formula is C14H19BrN2O2S. The third kappa shape index (κ3) is 5.46. The first-order valence-corrected chi connectivity index (χ1v) is 7.69. The topological polar surface area (TPSA) is 50.4 Å². The minimum Gasteiger partial charge on any atom is -0.490 e. The molecule has 0 aliphatic heterocycles. The normalized spacial score (nSPS) is 10.2. The first-order chi connectivity index (χ1) is 9.43. The lowest BCUT2D eigenvalue weighted by Gasteiger charge is -2.13. The Morgan fingerprint density at radius 3 is 2.70 bits per heavy atom.